The number of aromatic nitrogens is 4. The topological polar surface area (TPSA) is 51.6 Å². The van der Waals surface area contributed by atoms with Crippen LogP contribution < -0.4 is 0 Å². The van der Waals surface area contributed by atoms with Crippen LogP contribution in [-0.2, 0) is 0 Å². The van der Waals surface area contributed by atoms with E-state index in [1.807, 2.05) is 72.8 Å². The molecule has 0 unspecified atom stereocenters. The fourth-order valence-electron chi connectivity index (χ4n) is 6.69. The van der Waals surface area contributed by atoms with Gasteiger partial charge in [-0.25, -0.2) is 19.9 Å². The largest absolute Gasteiger partial charge is 0.248 e. The lowest BCUT2D eigenvalue weighted by Gasteiger charge is -2.11. The summed E-state index contributed by atoms with van der Waals surface area (Å²) in [5, 5.41) is 0. The Morgan fingerprint density at radius 2 is 0.481 bits per heavy atom. The molecule has 0 fully saturated rings. The zero-order valence-corrected chi connectivity index (χ0v) is 29.4. The molecule has 0 aliphatic rings. The summed E-state index contributed by atoms with van der Waals surface area (Å²) in [5.41, 5.74) is 13.8. The second kappa shape index (κ2) is 14.7. The van der Waals surface area contributed by atoms with Crippen molar-refractivity contribution in [2.75, 3.05) is 0 Å². The predicted octanol–water partition coefficient (Wildman–Crippen LogP) is 12.6. The Kier molecular flexibility index (Phi) is 8.90. The highest BCUT2D eigenvalue weighted by Gasteiger charge is 2.13. The van der Waals surface area contributed by atoms with Gasteiger partial charge >= 0.3 is 0 Å². The predicted molar refractivity (Wildman–Crippen MR) is 221 cm³/mol. The molecular weight excluding hydrogens is 657 g/mol. The van der Waals surface area contributed by atoms with Crippen molar-refractivity contribution in [3.05, 3.63) is 206 Å². The van der Waals surface area contributed by atoms with Crippen LogP contribution in [0.15, 0.2) is 206 Å². The maximum absolute atomic E-state index is 5.05. The summed E-state index contributed by atoms with van der Waals surface area (Å²) in [6.45, 7) is 0. The first-order chi connectivity index (χ1) is 26.7. The van der Waals surface area contributed by atoms with Crippen molar-refractivity contribution < 1.29 is 0 Å². The van der Waals surface area contributed by atoms with Crippen LogP contribution in [0.4, 0.5) is 0 Å². The van der Waals surface area contributed by atoms with Crippen LogP contribution in [0.3, 0.4) is 0 Å². The fraction of sp³-hybridized carbons (Fsp3) is 0. The molecule has 0 aliphatic heterocycles. The Hall–Kier alpha value is -7.30. The van der Waals surface area contributed by atoms with E-state index in [-0.39, 0.29) is 0 Å². The van der Waals surface area contributed by atoms with E-state index in [0.29, 0.717) is 17.5 Å². The first-order valence-electron chi connectivity index (χ1n) is 18.1. The van der Waals surface area contributed by atoms with Crippen LogP contribution in [0.25, 0.3) is 90.1 Å². The summed E-state index contributed by atoms with van der Waals surface area (Å²) in [5.74, 6) is 1.95. The van der Waals surface area contributed by atoms with Gasteiger partial charge in [-0.1, -0.05) is 188 Å². The quantitative estimate of drug-likeness (QED) is 0.159. The minimum atomic E-state index is 0.643. The number of nitrogens with zero attached hydrogens (tertiary/aromatic N) is 4. The minimum absolute atomic E-state index is 0.643. The van der Waals surface area contributed by atoms with Gasteiger partial charge in [0.15, 0.2) is 17.5 Å². The maximum Gasteiger partial charge on any atom is 0.164 e. The molecule has 9 aromatic rings. The van der Waals surface area contributed by atoms with Gasteiger partial charge in [-0.05, 0) is 51.6 Å². The van der Waals surface area contributed by atoms with Crippen molar-refractivity contribution >= 4 is 0 Å². The summed E-state index contributed by atoms with van der Waals surface area (Å²) in [6, 6.07) is 71.2. The van der Waals surface area contributed by atoms with E-state index in [9.17, 15) is 0 Å². The molecule has 0 spiro atoms. The van der Waals surface area contributed by atoms with E-state index in [2.05, 4.69) is 133 Å². The first kappa shape index (κ1) is 32.6. The zero-order chi connectivity index (χ0) is 36.1. The monoisotopic (exact) mass is 690 g/mol. The lowest BCUT2D eigenvalue weighted by Crippen LogP contribution is -2.00. The number of rotatable bonds is 8. The summed E-state index contributed by atoms with van der Waals surface area (Å²) in [6.07, 6.45) is 0. The van der Waals surface area contributed by atoms with Crippen molar-refractivity contribution in [1.82, 2.24) is 19.9 Å². The Labute approximate surface area is 315 Å². The summed E-state index contributed by atoms with van der Waals surface area (Å²) >= 11 is 0. The highest BCUT2D eigenvalue weighted by atomic mass is 15.0. The molecular formula is C50H34N4. The second-order valence-corrected chi connectivity index (χ2v) is 13.1. The van der Waals surface area contributed by atoms with Gasteiger partial charge in [-0.3, -0.25) is 0 Å². The Morgan fingerprint density at radius 3 is 0.870 bits per heavy atom. The molecule has 0 bridgehead atoms. The molecule has 2 aromatic heterocycles. The zero-order valence-electron chi connectivity index (χ0n) is 29.4. The van der Waals surface area contributed by atoms with E-state index in [1.165, 1.54) is 0 Å². The van der Waals surface area contributed by atoms with Crippen LogP contribution >= 0.6 is 0 Å². The van der Waals surface area contributed by atoms with E-state index < -0.39 is 0 Å². The average molecular weight is 691 g/mol. The number of hydrogen-bond donors (Lipinski definition) is 0. The van der Waals surface area contributed by atoms with Crippen molar-refractivity contribution in [2.24, 2.45) is 0 Å². The van der Waals surface area contributed by atoms with E-state index in [1.54, 1.807) is 0 Å². The third kappa shape index (κ3) is 6.97. The molecule has 2 heterocycles. The van der Waals surface area contributed by atoms with Crippen LogP contribution in [0.1, 0.15) is 0 Å². The molecule has 0 saturated carbocycles. The highest BCUT2D eigenvalue weighted by Crippen LogP contribution is 2.33. The average Bonchev–Trinajstić information content (AvgIpc) is 3.27. The molecule has 0 amide bonds. The third-order valence-electron chi connectivity index (χ3n) is 9.55. The van der Waals surface area contributed by atoms with Gasteiger partial charge in [0.1, 0.15) is 0 Å². The minimum Gasteiger partial charge on any atom is -0.248 e. The first-order valence-corrected chi connectivity index (χ1v) is 18.1. The van der Waals surface area contributed by atoms with Crippen LogP contribution in [0.2, 0.25) is 0 Å². The van der Waals surface area contributed by atoms with Crippen molar-refractivity contribution in [3.63, 3.8) is 0 Å². The maximum atomic E-state index is 5.05. The van der Waals surface area contributed by atoms with Crippen molar-refractivity contribution in [1.29, 1.82) is 0 Å². The normalized spacial score (nSPS) is 11.0. The highest BCUT2D eigenvalue weighted by molar-refractivity contribution is 5.80. The molecule has 54 heavy (non-hydrogen) atoms. The van der Waals surface area contributed by atoms with Crippen LogP contribution in [-0.4, -0.2) is 19.9 Å². The second-order valence-electron chi connectivity index (χ2n) is 13.1. The lowest BCUT2D eigenvalue weighted by atomic mass is 9.96. The molecule has 254 valence electrons. The molecule has 4 heteroatoms. The molecule has 7 aromatic carbocycles. The molecule has 0 atom stereocenters. The molecule has 9 rings (SSSR count). The van der Waals surface area contributed by atoms with Gasteiger partial charge < -0.3 is 0 Å². The molecule has 0 N–H and O–H groups in total. The Balaban J connectivity index is 1.00. The number of pyridine rings is 1. The van der Waals surface area contributed by atoms with Gasteiger partial charge in [0, 0.05) is 27.8 Å². The SMILES string of the molecule is c1ccc(-c2cc(-c3ccc(-c4cccc(-c5ccc(-c6nc(-c7ccccc7)nc(-c7ccccc7)n6)cc5)c4)cc3)cc(-c3ccccc3)n2)cc1. The standard InChI is InChI=1S/C50H34N4/c1-5-14-38(15-6-1)46-33-45(34-47(51-46)39-16-7-2-8-17-39)37-26-24-35(25-27-37)43-22-13-23-44(32-43)36-28-30-42(31-29-36)50-53-48(40-18-9-3-10-19-40)52-49(54-50)41-20-11-4-12-21-41/h1-34H. The fourth-order valence-corrected chi connectivity index (χ4v) is 6.69. The smallest absolute Gasteiger partial charge is 0.164 e. The van der Waals surface area contributed by atoms with Gasteiger partial charge in [0.25, 0.3) is 0 Å². The van der Waals surface area contributed by atoms with Gasteiger partial charge in [-0.2, -0.15) is 0 Å². The molecule has 0 aliphatic carbocycles. The van der Waals surface area contributed by atoms with E-state index in [0.717, 1.165) is 72.6 Å². The van der Waals surface area contributed by atoms with Gasteiger partial charge in [-0.15, -0.1) is 0 Å². The van der Waals surface area contributed by atoms with Gasteiger partial charge in [0.2, 0.25) is 0 Å². The molecule has 0 saturated heterocycles. The molecule has 0 radical (unpaired) electrons. The lowest BCUT2D eigenvalue weighted by molar-refractivity contribution is 1.07. The Morgan fingerprint density at radius 1 is 0.185 bits per heavy atom. The summed E-state index contributed by atoms with van der Waals surface area (Å²) < 4.78 is 0. The van der Waals surface area contributed by atoms with Gasteiger partial charge in [0.05, 0.1) is 11.4 Å². The Bertz CT molecular complexity index is 2360. The summed E-state index contributed by atoms with van der Waals surface area (Å²) in [4.78, 5) is 19.7. The van der Waals surface area contributed by atoms with Crippen molar-refractivity contribution in [3.8, 4) is 90.1 Å². The van der Waals surface area contributed by atoms with Crippen LogP contribution in [0.5, 0.6) is 0 Å². The summed E-state index contributed by atoms with van der Waals surface area (Å²) in [7, 11) is 0. The number of hydrogen-bond acceptors (Lipinski definition) is 4. The van der Waals surface area contributed by atoms with E-state index in [4.69, 9.17) is 19.9 Å². The van der Waals surface area contributed by atoms with Crippen LogP contribution in [0, 0.1) is 0 Å². The molecule has 4 nitrogen and oxygen atoms in total. The number of benzene rings is 7. The van der Waals surface area contributed by atoms with Crippen molar-refractivity contribution in [2.45, 2.75) is 0 Å². The third-order valence-corrected chi connectivity index (χ3v) is 9.55. The van der Waals surface area contributed by atoms with E-state index >= 15 is 0 Å².